The number of anilines is 1. The highest BCUT2D eigenvalue weighted by Gasteiger charge is 2.15. The summed E-state index contributed by atoms with van der Waals surface area (Å²) < 4.78 is 2.77. The Hall–Kier alpha value is -2.09. The molecule has 0 spiro atoms. The van der Waals surface area contributed by atoms with E-state index in [1.165, 1.54) is 11.8 Å². The fourth-order valence-electron chi connectivity index (χ4n) is 2.57. The Balaban J connectivity index is 1.73. The zero-order valence-corrected chi connectivity index (χ0v) is 18.3. The molecule has 1 aromatic heterocycles. The van der Waals surface area contributed by atoms with Crippen molar-refractivity contribution in [3.05, 3.63) is 70.2 Å². The lowest BCUT2D eigenvalue weighted by atomic mass is 10.2. The molecule has 28 heavy (non-hydrogen) atoms. The third kappa shape index (κ3) is 5.04. The number of nitrogens with zero attached hydrogens (tertiary/aromatic N) is 3. The molecule has 0 aliphatic carbocycles. The van der Waals surface area contributed by atoms with E-state index in [1.54, 1.807) is 6.08 Å². The summed E-state index contributed by atoms with van der Waals surface area (Å²) in [7, 11) is 0. The molecule has 5 nitrogen and oxygen atoms in total. The van der Waals surface area contributed by atoms with Gasteiger partial charge in [-0.25, -0.2) is 0 Å². The van der Waals surface area contributed by atoms with E-state index in [9.17, 15) is 4.79 Å². The van der Waals surface area contributed by atoms with Crippen LogP contribution in [0.3, 0.4) is 0 Å². The van der Waals surface area contributed by atoms with Gasteiger partial charge < -0.3 is 5.32 Å². The highest BCUT2D eigenvalue weighted by atomic mass is 79.9. The van der Waals surface area contributed by atoms with Gasteiger partial charge in [-0.1, -0.05) is 47.6 Å². The van der Waals surface area contributed by atoms with Gasteiger partial charge in [0.1, 0.15) is 0 Å². The minimum absolute atomic E-state index is 0.119. The first-order chi connectivity index (χ1) is 13.5. The van der Waals surface area contributed by atoms with Gasteiger partial charge in [0.05, 0.1) is 11.4 Å². The molecule has 0 saturated carbocycles. The normalized spacial score (nSPS) is 10.7. The van der Waals surface area contributed by atoms with Crippen LogP contribution in [0.15, 0.2) is 64.7 Å². The molecule has 1 amide bonds. The van der Waals surface area contributed by atoms with Crippen molar-refractivity contribution in [2.45, 2.75) is 18.6 Å². The summed E-state index contributed by atoms with van der Waals surface area (Å²) in [5, 5.41) is 12.7. The summed E-state index contributed by atoms with van der Waals surface area (Å²) in [5.74, 6) is 0.782. The molecule has 0 bridgehead atoms. The van der Waals surface area contributed by atoms with Crippen LogP contribution in [-0.4, -0.2) is 26.4 Å². The van der Waals surface area contributed by atoms with Gasteiger partial charge in [0.25, 0.3) is 0 Å². The van der Waals surface area contributed by atoms with Crippen LogP contribution < -0.4 is 5.32 Å². The molecule has 0 atom stereocenters. The standard InChI is InChI=1S/C20H18BrClN4OS/c1-3-9-26-19(14-5-4-6-15(22)11-14)24-25-20(26)28-12-18(27)23-17-8-7-13(2)10-16(17)21/h3-8,10-11H,1,9,12H2,2H3,(H,23,27). The number of aromatic nitrogens is 3. The third-order valence-corrected chi connectivity index (χ3v) is 5.70. The highest BCUT2D eigenvalue weighted by Crippen LogP contribution is 2.27. The van der Waals surface area contributed by atoms with E-state index in [-0.39, 0.29) is 11.7 Å². The van der Waals surface area contributed by atoms with Gasteiger partial charge in [-0.2, -0.15) is 0 Å². The Bertz CT molecular complexity index is 1020. The Morgan fingerprint density at radius 3 is 2.86 bits per heavy atom. The van der Waals surface area contributed by atoms with Crippen molar-refractivity contribution in [3.63, 3.8) is 0 Å². The summed E-state index contributed by atoms with van der Waals surface area (Å²) in [6.45, 7) is 6.33. The zero-order chi connectivity index (χ0) is 20.1. The number of carbonyl (C=O) groups is 1. The first-order valence-electron chi connectivity index (χ1n) is 8.46. The molecule has 0 radical (unpaired) electrons. The van der Waals surface area contributed by atoms with Crippen LogP contribution in [0, 0.1) is 6.92 Å². The first-order valence-corrected chi connectivity index (χ1v) is 10.6. The van der Waals surface area contributed by atoms with Gasteiger partial charge in [0.2, 0.25) is 5.91 Å². The summed E-state index contributed by atoms with van der Waals surface area (Å²) in [6, 6.07) is 13.2. The number of aryl methyl sites for hydroxylation is 1. The maximum Gasteiger partial charge on any atom is 0.234 e. The van der Waals surface area contributed by atoms with Crippen LogP contribution in [0.5, 0.6) is 0 Å². The lowest BCUT2D eigenvalue weighted by molar-refractivity contribution is -0.113. The summed E-state index contributed by atoms with van der Waals surface area (Å²) in [6.07, 6.45) is 1.77. The number of amides is 1. The molecule has 1 N–H and O–H groups in total. The van der Waals surface area contributed by atoms with E-state index in [0.717, 1.165) is 21.3 Å². The van der Waals surface area contributed by atoms with Crippen LogP contribution in [0.2, 0.25) is 5.02 Å². The average molecular weight is 478 g/mol. The smallest absolute Gasteiger partial charge is 0.234 e. The van der Waals surface area contributed by atoms with Crippen LogP contribution in [0.1, 0.15) is 5.56 Å². The third-order valence-electron chi connectivity index (χ3n) is 3.84. The van der Waals surface area contributed by atoms with Crippen LogP contribution in [0.4, 0.5) is 5.69 Å². The molecule has 3 rings (SSSR count). The van der Waals surface area contributed by atoms with Crippen molar-refractivity contribution in [1.82, 2.24) is 14.8 Å². The first kappa shape index (κ1) is 20.6. The lowest BCUT2D eigenvalue weighted by Gasteiger charge is -2.09. The van der Waals surface area contributed by atoms with Gasteiger partial charge in [0, 0.05) is 21.6 Å². The molecule has 2 aromatic carbocycles. The van der Waals surface area contributed by atoms with E-state index < -0.39 is 0 Å². The monoisotopic (exact) mass is 476 g/mol. The van der Waals surface area contributed by atoms with Crippen molar-refractivity contribution in [1.29, 1.82) is 0 Å². The molecule has 8 heteroatoms. The van der Waals surface area contributed by atoms with Gasteiger partial charge in [0.15, 0.2) is 11.0 Å². The van der Waals surface area contributed by atoms with Crippen LogP contribution in [-0.2, 0) is 11.3 Å². The minimum atomic E-state index is -0.119. The number of carbonyl (C=O) groups excluding carboxylic acids is 1. The van der Waals surface area contributed by atoms with Gasteiger partial charge >= 0.3 is 0 Å². The fraction of sp³-hybridized carbons (Fsp3) is 0.150. The molecular formula is C20H18BrClN4OS. The molecule has 0 aliphatic heterocycles. The maximum absolute atomic E-state index is 12.4. The number of allylic oxidation sites excluding steroid dienone is 1. The van der Waals surface area contributed by atoms with Crippen molar-refractivity contribution in [2.75, 3.05) is 11.1 Å². The predicted octanol–water partition coefficient (Wildman–Crippen LogP) is 5.59. The Morgan fingerprint density at radius 1 is 1.32 bits per heavy atom. The van der Waals surface area contributed by atoms with Crippen molar-refractivity contribution in [3.8, 4) is 11.4 Å². The molecular weight excluding hydrogens is 460 g/mol. The summed E-state index contributed by atoms with van der Waals surface area (Å²) >= 11 is 10.9. The summed E-state index contributed by atoms with van der Waals surface area (Å²) in [5.41, 5.74) is 2.72. The van der Waals surface area contributed by atoms with E-state index in [2.05, 4.69) is 38.0 Å². The second-order valence-corrected chi connectivity index (χ2v) is 8.27. The molecule has 0 fully saturated rings. The predicted molar refractivity (Wildman–Crippen MR) is 119 cm³/mol. The maximum atomic E-state index is 12.4. The topological polar surface area (TPSA) is 59.8 Å². The average Bonchev–Trinajstić information content (AvgIpc) is 3.05. The number of thioether (sulfide) groups is 1. The molecule has 3 aromatic rings. The number of nitrogens with one attached hydrogen (secondary N) is 1. The van der Waals surface area contributed by atoms with Crippen LogP contribution in [0.25, 0.3) is 11.4 Å². The second kappa shape index (κ2) is 9.41. The highest BCUT2D eigenvalue weighted by molar-refractivity contribution is 9.10. The van der Waals surface area contributed by atoms with Gasteiger partial charge in [-0.3, -0.25) is 9.36 Å². The number of hydrogen-bond acceptors (Lipinski definition) is 4. The Morgan fingerprint density at radius 2 is 2.14 bits per heavy atom. The van der Waals surface area contributed by atoms with Crippen molar-refractivity contribution < 1.29 is 4.79 Å². The zero-order valence-electron chi connectivity index (χ0n) is 15.2. The number of halogens is 2. The molecule has 0 saturated heterocycles. The molecule has 0 unspecified atom stereocenters. The van der Waals surface area contributed by atoms with Crippen molar-refractivity contribution >= 4 is 50.9 Å². The van der Waals surface area contributed by atoms with E-state index in [1.807, 2.05) is 54.0 Å². The molecule has 0 aliphatic rings. The number of benzene rings is 2. The summed E-state index contributed by atoms with van der Waals surface area (Å²) in [4.78, 5) is 12.4. The number of rotatable bonds is 7. The fourth-order valence-corrected chi connectivity index (χ4v) is 4.10. The molecule has 144 valence electrons. The van der Waals surface area contributed by atoms with Crippen LogP contribution >= 0.6 is 39.3 Å². The molecule has 1 heterocycles. The Kier molecular flexibility index (Phi) is 6.93. The van der Waals surface area contributed by atoms with Gasteiger partial charge in [-0.05, 0) is 52.7 Å². The van der Waals surface area contributed by atoms with E-state index >= 15 is 0 Å². The second-order valence-electron chi connectivity index (χ2n) is 6.04. The largest absolute Gasteiger partial charge is 0.324 e. The lowest BCUT2D eigenvalue weighted by Crippen LogP contribution is -2.15. The van der Waals surface area contributed by atoms with E-state index in [4.69, 9.17) is 11.6 Å². The van der Waals surface area contributed by atoms with Gasteiger partial charge in [-0.15, -0.1) is 16.8 Å². The Labute approximate surface area is 181 Å². The number of hydrogen-bond donors (Lipinski definition) is 1. The van der Waals surface area contributed by atoms with E-state index in [0.29, 0.717) is 22.5 Å². The minimum Gasteiger partial charge on any atom is -0.324 e. The quantitative estimate of drug-likeness (QED) is 0.356. The SMILES string of the molecule is C=CCn1c(SCC(=O)Nc2ccc(C)cc2Br)nnc1-c1cccc(Cl)c1. The van der Waals surface area contributed by atoms with Crippen molar-refractivity contribution in [2.24, 2.45) is 0 Å².